The fourth-order valence-electron chi connectivity index (χ4n) is 4.62. The maximum Gasteiger partial charge on any atom is 0.359 e. The van der Waals surface area contributed by atoms with Gasteiger partial charge in [-0.25, -0.2) is 9.78 Å². The van der Waals surface area contributed by atoms with Gasteiger partial charge in [-0.05, 0) is 50.8 Å². The van der Waals surface area contributed by atoms with Crippen LogP contribution in [0.3, 0.4) is 0 Å². The van der Waals surface area contributed by atoms with Crippen LogP contribution in [0.25, 0.3) is 0 Å². The molecule has 1 N–H and O–H groups in total. The number of aromatic nitrogens is 2. The van der Waals surface area contributed by atoms with Crippen LogP contribution in [0.5, 0.6) is 0 Å². The van der Waals surface area contributed by atoms with Gasteiger partial charge in [0.05, 0.1) is 20.0 Å². The molecule has 164 valence electrons. The zero-order chi connectivity index (χ0) is 22.3. The summed E-state index contributed by atoms with van der Waals surface area (Å²) >= 11 is 0. The number of imidazole rings is 1. The van der Waals surface area contributed by atoms with E-state index in [2.05, 4.69) is 10.3 Å². The van der Waals surface area contributed by atoms with Crippen LogP contribution in [0, 0.1) is 13.8 Å². The minimum absolute atomic E-state index is 0.0407. The summed E-state index contributed by atoms with van der Waals surface area (Å²) in [6.45, 7) is 5.81. The van der Waals surface area contributed by atoms with Crippen LogP contribution in [0.2, 0.25) is 0 Å². The molecule has 1 aliphatic carbocycles. The first kappa shape index (κ1) is 21.1. The van der Waals surface area contributed by atoms with Gasteiger partial charge >= 0.3 is 5.97 Å². The Labute approximate surface area is 181 Å². The maximum atomic E-state index is 13.8. The molecule has 0 saturated heterocycles. The first-order chi connectivity index (χ1) is 14.8. The van der Waals surface area contributed by atoms with E-state index < -0.39 is 17.4 Å². The van der Waals surface area contributed by atoms with Crippen LogP contribution >= 0.6 is 0 Å². The van der Waals surface area contributed by atoms with E-state index in [1.54, 1.807) is 11.5 Å². The van der Waals surface area contributed by atoms with Crippen LogP contribution in [-0.4, -0.2) is 46.0 Å². The highest BCUT2D eigenvalue weighted by atomic mass is 16.5. The number of hydrogen-bond acceptors (Lipinski definition) is 5. The minimum Gasteiger partial charge on any atom is -0.464 e. The average molecular weight is 425 g/mol. The van der Waals surface area contributed by atoms with Crippen molar-refractivity contribution >= 4 is 23.5 Å². The maximum absolute atomic E-state index is 13.8. The van der Waals surface area contributed by atoms with Crippen molar-refractivity contribution in [3.8, 4) is 0 Å². The zero-order valence-corrected chi connectivity index (χ0v) is 18.4. The van der Waals surface area contributed by atoms with E-state index in [1.807, 2.05) is 32.0 Å². The third-order valence-electron chi connectivity index (χ3n) is 6.38. The molecule has 2 heterocycles. The fourth-order valence-corrected chi connectivity index (χ4v) is 4.62. The van der Waals surface area contributed by atoms with Crippen molar-refractivity contribution in [1.29, 1.82) is 0 Å². The predicted molar refractivity (Wildman–Crippen MR) is 115 cm³/mol. The number of hydrogen-bond donors (Lipinski definition) is 1. The number of ether oxygens (including phenoxy) is 1. The number of fused-ring (bicyclic) bond motifs is 1. The van der Waals surface area contributed by atoms with Gasteiger partial charge in [0, 0.05) is 11.7 Å². The summed E-state index contributed by atoms with van der Waals surface area (Å²) in [7, 11) is 1.25. The van der Waals surface area contributed by atoms with Gasteiger partial charge in [-0.2, -0.15) is 0 Å². The molecule has 2 aromatic rings. The smallest absolute Gasteiger partial charge is 0.359 e. The number of aryl methyl sites for hydroxylation is 2. The van der Waals surface area contributed by atoms with Gasteiger partial charge in [-0.1, -0.05) is 25.0 Å². The van der Waals surface area contributed by atoms with Crippen LogP contribution in [0.4, 0.5) is 5.69 Å². The summed E-state index contributed by atoms with van der Waals surface area (Å²) in [6, 6.07) is 5.92. The molecule has 0 radical (unpaired) electrons. The number of nitrogens with zero attached hydrogens (tertiary/aromatic N) is 3. The Balaban J connectivity index is 1.84. The summed E-state index contributed by atoms with van der Waals surface area (Å²) in [5, 5.41) is 3.16. The number of benzene rings is 1. The first-order valence-electron chi connectivity index (χ1n) is 10.6. The molecule has 4 rings (SSSR count). The number of nitrogens with one attached hydrogen (secondary N) is 1. The van der Waals surface area contributed by atoms with Crippen LogP contribution in [0.15, 0.2) is 24.5 Å². The molecule has 1 saturated carbocycles. The Kier molecular flexibility index (Phi) is 5.33. The van der Waals surface area contributed by atoms with Gasteiger partial charge in [0.15, 0.2) is 5.69 Å². The number of esters is 1. The lowest BCUT2D eigenvalue weighted by molar-refractivity contribution is -0.127. The molecule has 8 heteroatoms. The molecule has 2 aliphatic rings. The van der Waals surface area contributed by atoms with Crippen molar-refractivity contribution in [3.05, 3.63) is 47.0 Å². The highest BCUT2D eigenvalue weighted by Gasteiger charge is 2.50. The number of methoxy groups -OCH3 is 1. The molecule has 31 heavy (non-hydrogen) atoms. The van der Waals surface area contributed by atoms with E-state index >= 15 is 0 Å². The lowest BCUT2D eigenvalue weighted by Gasteiger charge is -2.44. The van der Waals surface area contributed by atoms with Crippen LogP contribution < -0.4 is 10.2 Å². The van der Waals surface area contributed by atoms with Gasteiger partial charge in [-0.15, -0.1) is 0 Å². The number of rotatable bonds is 4. The molecular weight excluding hydrogens is 396 g/mol. The lowest BCUT2D eigenvalue weighted by Crippen LogP contribution is -2.65. The second-order valence-corrected chi connectivity index (χ2v) is 8.72. The van der Waals surface area contributed by atoms with Crippen LogP contribution in [0.1, 0.15) is 64.7 Å². The van der Waals surface area contributed by atoms with Crippen molar-refractivity contribution in [2.75, 3.05) is 12.0 Å². The summed E-state index contributed by atoms with van der Waals surface area (Å²) in [6.07, 6.45) is 5.51. The standard InChI is InChI=1S/C23H28N4O4/c1-14-9-10-15(2)17(11-14)27-20(28)19-18(21(29)31-4)24-13-26(19)12-23(27,3)22(30)25-16-7-5-6-8-16/h9-11,13,16H,5-8,12H2,1-4H3,(H,25,30). The SMILES string of the molecule is COC(=O)c1ncn2c1C(=O)N(c1cc(C)ccc1C)C(C)(C(=O)NC1CCCC1)C2. The number of carbonyl (C=O) groups excluding carboxylic acids is 3. The zero-order valence-electron chi connectivity index (χ0n) is 18.4. The minimum atomic E-state index is -1.18. The summed E-state index contributed by atoms with van der Waals surface area (Å²) in [5.41, 5.74) is 1.40. The van der Waals surface area contributed by atoms with Crippen molar-refractivity contribution < 1.29 is 19.1 Å². The molecule has 0 bridgehead atoms. The molecule has 0 spiro atoms. The molecule has 1 aliphatic heterocycles. The van der Waals surface area contributed by atoms with Gasteiger partial charge in [-0.3, -0.25) is 14.5 Å². The third kappa shape index (κ3) is 3.49. The molecule has 1 fully saturated rings. The summed E-state index contributed by atoms with van der Waals surface area (Å²) < 4.78 is 6.40. The van der Waals surface area contributed by atoms with Gasteiger partial charge in [0.2, 0.25) is 5.91 Å². The van der Waals surface area contributed by atoms with Crippen molar-refractivity contribution in [2.24, 2.45) is 0 Å². The van der Waals surface area contributed by atoms with E-state index in [1.165, 1.54) is 18.3 Å². The fraction of sp³-hybridized carbons (Fsp3) is 0.478. The Morgan fingerprint density at radius 2 is 1.94 bits per heavy atom. The number of amides is 2. The van der Waals surface area contributed by atoms with E-state index in [-0.39, 0.29) is 29.9 Å². The quantitative estimate of drug-likeness (QED) is 0.762. The Morgan fingerprint density at radius 3 is 2.61 bits per heavy atom. The molecule has 2 amide bonds. The molecule has 8 nitrogen and oxygen atoms in total. The largest absolute Gasteiger partial charge is 0.464 e. The van der Waals surface area contributed by atoms with Crippen molar-refractivity contribution in [2.45, 2.75) is 64.6 Å². The predicted octanol–water partition coefficient (Wildman–Crippen LogP) is 2.76. The number of anilines is 1. The van der Waals surface area contributed by atoms with E-state index in [9.17, 15) is 14.4 Å². The molecule has 1 aromatic carbocycles. The molecule has 1 atom stereocenters. The van der Waals surface area contributed by atoms with Gasteiger partial charge < -0.3 is 14.6 Å². The molecule has 1 aromatic heterocycles. The highest BCUT2D eigenvalue weighted by molar-refractivity contribution is 6.15. The average Bonchev–Trinajstić information content (AvgIpc) is 3.39. The van der Waals surface area contributed by atoms with E-state index in [0.717, 1.165) is 36.8 Å². The second-order valence-electron chi connectivity index (χ2n) is 8.72. The second kappa shape index (κ2) is 7.83. The number of carbonyl (C=O) groups is 3. The Morgan fingerprint density at radius 1 is 1.23 bits per heavy atom. The lowest BCUT2D eigenvalue weighted by atomic mass is 9.91. The van der Waals surface area contributed by atoms with Crippen molar-refractivity contribution in [1.82, 2.24) is 14.9 Å². The van der Waals surface area contributed by atoms with E-state index in [0.29, 0.717) is 5.69 Å². The monoisotopic (exact) mass is 424 g/mol. The van der Waals surface area contributed by atoms with Crippen LogP contribution in [-0.2, 0) is 16.1 Å². The Bertz CT molecular complexity index is 1050. The molecule has 1 unspecified atom stereocenters. The normalized spacial score (nSPS) is 21.2. The topological polar surface area (TPSA) is 93.5 Å². The molecular formula is C23H28N4O4. The Hall–Kier alpha value is -3.16. The van der Waals surface area contributed by atoms with E-state index in [4.69, 9.17) is 4.74 Å². The highest BCUT2D eigenvalue weighted by Crippen LogP contribution is 2.36. The summed E-state index contributed by atoms with van der Waals surface area (Å²) in [4.78, 5) is 45.3. The first-order valence-corrected chi connectivity index (χ1v) is 10.6. The van der Waals surface area contributed by atoms with Gasteiger partial charge in [0.25, 0.3) is 5.91 Å². The summed E-state index contributed by atoms with van der Waals surface area (Å²) in [5.74, 6) is -1.32. The van der Waals surface area contributed by atoms with Gasteiger partial charge in [0.1, 0.15) is 11.2 Å². The third-order valence-corrected chi connectivity index (χ3v) is 6.38. The van der Waals surface area contributed by atoms with Crippen molar-refractivity contribution in [3.63, 3.8) is 0 Å².